The SMILES string of the molecule is COCc1nc2n(n1)CCC(C(=O)O)C2. The van der Waals surface area contributed by atoms with Crippen LogP contribution in [0.5, 0.6) is 0 Å². The highest BCUT2D eigenvalue weighted by molar-refractivity contribution is 5.70. The van der Waals surface area contributed by atoms with Crippen molar-refractivity contribution < 1.29 is 14.6 Å². The molecule has 1 N–H and O–H groups in total. The zero-order valence-corrected chi connectivity index (χ0v) is 8.51. The maximum atomic E-state index is 10.8. The molecule has 1 atom stereocenters. The number of aliphatic carboxylic acids is 1. The Hall–Kier alpha value is -1.43. The van der Waals surface area contributed by atoms with E-state index in [1.54, 1.807) is 11.8 Å². The van der Waals surface area contributed by atoms with Gasteiger partial charge in [-0.15, -0.1) is 0 Å². The van der Waals surface area contributed by atoms with Gasteiger partial charge in [0.2, 0.25) is 0 Å². The molecule has 0 saturated heterocycles. The van der Waals surface area contributed by atoms with Crippen LogP contribution in [0.1, 0.15) is 18.1 Å². The average molecular weight is 211 g/mol. The number of ether oxygens (including phenoxy) is 1. The zero-order valence-electron chi connectivity index (χ0n) is 8.51. The van der Waals surface area contributed by atoms with E-state index in [9.17, 15) is 4.79 Å². The second-order valence-corrected chi connectivity index (χ2v) is 3.63. The maximum absolute atomic E-state index is 10.8. The molecular formula is C9H13N3O3. The zero-order chi connectivity index (χ0) is 10.8. The molecule has 0 bridgehead atoms. The quantitative estimate of drug-likeness (QED) is 0.765. The molecule has 82 valence electrons. The fourth-order valence-electron chi connectivity index (χ4n) is 1.76. The van der Waals surface area contributed by atoms with Gasteiger partial charge < -0.3 is 9.84 Å². The number of rotatable bonds is 3. The van der Waals surface area contributed by atoms with Crippen molar-refractivity contribution in [1.82, 2.24) is 14.8 Å². The molecule has 0 saturated carbocycles. The molecule has 0 amide bonds. The van der Waals surface area contributed by atoms with Crippen molar-refractivity contribution in [2.24, 2.45) is 5.92 Å². The van der Waals surface area contributed by atoms with Crippen LogP contribution in [0.25, 0.3) is 0 Å². The first-order valence-electron chi connectivity index (χ1n) is 4.85. The van der Waals surface area contributed by atoms with Gasteiger partial charge in [-0.1, -0.05) is 0 Å². The van der Waals surface area contributed by atoms with Gasteiger partial charge >= 0.3 is 5.97 Å². The summed E-state index contributed by atoms with van der Waals surface area (Å²) in [6, 6.07) is 0. The molecule has 0 aliphatic carbocycles. The first-order valence-corrected chi connectivity index (χ1v) is 4.85. The van der Waals surface area contributed by atoms with Crippen molar-refractivity contribution in [1.29, 1.82) is 0 Å². The van der Waals surface area contributed by atoms with E-state index in [4.69, 9.17) is 9.84 Å². The summed E-state index contributed by atoms with van der Waals surface area (Å²) in [5.74, 6) is 0.300. The summed E-state index contributed by atoms with van der Waals surface area (Å²) < 4.78 is 6.70. The number of aryl methyl sites for hydroxylation is 1. The van der Waals surface area contributed by atoms with Crippen molar-refractivity contribution in [3.8, 4) is 0 Å². The number of hydrogen-bond donors (Lipinski definition) is 1. The molecule has 6 nitrogen and oxygen atoms in total. The van der Waals surface area contributed by atoms with E-state index in [1.807, 2.05) is 0 Å². The number of carboxylic acids is 1. The van der Waals surface area contributed by atoms with Gasteiger partial charge in [-0.25, -0.2) is 9.67 Å². The molecule has 6 heteroatoms. The average Bonchev–Trinajstić information content (AvgIpc) is 2.59. The summed E-state index contributed by atoms with van der Waals surface area (Å²) in [5, 5.41) is 13.1. The fraction of sp³-hybridized carbons (Fsp3) is 0.667. The van der Waals surface area contributed by atoms with Crippen LogP contribution < -0.4 is 0 Å². The van der Waals surface area contributed by atoms with Crippen LogP contribution in [0, 0.1) is 5.92 Å². The highest BCUT2D eigenvalue weighted by Gasteiger charge is 2.26. The fourth-order valence-corrected chi connectivity index (χ4v) is 1.76. The van der Waals surface area contributed by atoms with E-state index < -0.39 is 5.97 Å². The maximum Gasteiger partial charge on any atom is 0.307 e. The van der Waals surface area contributed by atoms with Crippen LogP contribution in [0.4, 0.5) is 0 Å². The van der Waals surface area contributed by atoms with Gasteiger partial charge in [0.15, 0.2) is 5.82 Å². The van der Waals surface area contributed by atoms with Crippen molar-refractivity contribution in [3.05, 3.63) is 11.6 Å². The number of carboxylic acid groups (broad SMARTS) is 1. The van der Waals surface area contributed by atoms with Crippen LogP contribution in [-0.2, 0) is 29.1 Å². The number of nitrogens with zero attached hydrogens (tertiary/aromatic N) is 3. The Morgan fingerprint density at radius 1 is 1.73 bits per heavy atom. The van der Waals surface area contributed by atoms with Gasteiger partial charge in [0.25, 0.3) is 0 Å². The Balaban J connectivity index is 2.15. The minimum absolute atomic E-state index is 0.322. The lowest BCUT2D eigenvalue weighted by Crippen LogP contribution is -2.26. The summed E-state index contributed by atoms with van der Waals surface area (Å²) in [7, 11) is 1.58. The minimum atomic E-state index is -0.752. The topological polar surface area (TPSA) is 77.2 Å². The van der Waals surface area contributed by atoms with Crippen LogP contribution in [0.3, 0.4) is 0 Å². The Morgan fingerprint density at radius 2 is 2.53 bits per heavy atom. The molecule has 1 aliphatic rings. The predicted octanol–water partition coefficient (Wildman–Crippen LogP) is 0.0715. The van der Waals surface area contributed by atoms with E-state index in [0.29, 0.717) is 31.8 Å². The van der Waals surface area contributed by atoms with Crippen molar-refractivity contribution in [2.75, 3.05) is 7.11 Å². The normalized spacial score (nSPS) is 19.9. The molecule has 0 aromatic carbocycles. The summed E-state index contributed by atoms with van der Waals surface area (Å²) >= 11 is 0. The van der Waals surface area contributed by atoms with E-state index >= 15 is 0 Å². The Kier molecular flexibility index (Phi) is 2.68. The van der Waals surface area contributed by atoms with E-state index in [2.05, 4.69) is 10.1 Å². The van der Waals surface area contributed by atoms with E-state index in [1.165, 1.54) is 0 Å². The van der Waals surface area contributed by atoms with Gasteiger partial charge in [-0.05, 0) is 6.42 Å². The lowest BCUT2D eigenvalue weighted by Gasteiger charge is -2.17. The summed E-state index contributed by atoms with van der Waals surface area (Å²) in [5.41, 5.74) is 0. The molecule has 1 unspecified atom stereocenters. The number of methoxy groups -OCH3 is 1. The second kappa shape index (κ2) is 3.98. The number of hydrogen-bond acceptors (Lipinski definition) is 4. The second-order valence-electron chi connectivity index (χ2n) is 3.63. The van der Waals surface area contributed by atoms with Gasteiger partial charge in [-0.3, -0.25) is 4.79 Å². The number of aromatic nitrogens is 3. The summed E-state index contributed by atoms with van der Waals surface area (Å²) in [6.07, 6.45) is 1.09. The third-order valence-electron chi connectivity index (χ3n) is 2.53. The van der Waals surface area contributed by atoms with Crippen molar-refractivity contribution >= 4 is 5.97 Å². The Morgan fingerprint density at radius 3 is 3.20 bits per heavy atom. The Labute approximate surface area is 86.9 Å². The van der Waals surface area contributed by atoms with Gasteiger partial charge in [-0.2, -0.15) is 5.10 Å². The van der Waals surface area contributed by atoms with Crippen LogP contribution in [0.15, 0.2) is 0 Å². The summed E-state index contributed by atoms with van der Waals surface area (Å²) in [4.78, 5) is 15.1. The van der Waals surface area contributed by atoms with Gasteiger partial charge in [0.05, 0.1) is 5.92 Å². The molecule has 0 fully saturated rings. The Bertz CT molecular complexity index is 375. The third kappa shape index (κ3) is 1.99. The highest BCUT2D eigenvalue weighted by Crippen LogP contribution is 2.18. The van der Waals surface area contributed by atoms with Crippen molar-refractivity contribution in [2.45, 2.75) is 26.0 Å². The van der Waals surface area contributed by atoms with E-state index in [0.717, 1.165) is 5.82 Å². The lowest BCUT2D eigenvalue weighted by atomic mass is 9.99. The van der Waals surface area contributed by atoms with Gasteiger partial charge in [0.1, 0.15) is 12.4 Å². The highest BCUT2D eigenvalue weighted by atomic mass is 16.5. The molecule has 0 radical (unpaired) electrons. The molecular weight excluding hydrogens is 198 g/mol. The van der Waals surface area contributed by atoms with Crippen LogP contribution in [0.2, 0.25) is 0 Å². The lowest BCUT2D eigenvalue weighted by molar-refractivity contribution is -0.142. The monoisotopic (exact) mass is 211 g/mol. The van der Waals surface area contributed by atoms with Crippen LogP contribution in [-0.4, -0.2) is 33.0 Å². The molecule has 0 spiro atoms. The first kappa shape index (κ1) is 10.1. The summed E-state index contributed by atoms with van der Waals surface area (Å²) in [6.45, 7) is 1.00. The third-order valence-corrected chi connectivity index (χ3v) is 2.53. The van der Waals surface area contributed by atoms with Gasteiger partial charge in [0, 0.05) is 20.1 Å². The molecule has 1 aliphatic heterocycles. The van der Waals surface area contributed by atoms with E-state index in [-0.39, 0.29) is 5.92 Å². The number of carbonyl (C=O) groups is 1. The largest absolute Gasteiger partial charge is 0.481 e. The minimum Gasteiger partial charge on any atom is -0.481 e. The molecule has 2 rings (SSSR count). The standard InChI is InChI=1S/C9H13N3O3/c1-15-5-7-10-8-4-6(9(13)14)2-3-12(8)11-7/h6H,2-5H2,1H3,(H,13,14). The number of fused-ring (bicyclic) bond motifs is 1. The molecule has 1 aromatic heterocycles. The smallest absolute Gasteiger partial charge is 0.307 e. The first-order chi connectivity index (χ1) is 7.20. The molecule has 2 heterocycles. The molecule has 15 heavy (non-hydrogen) atoms. The predicted molar refractivity (Wildman–Crippen MR) is 50.2 cm³/mol. The van der Waals surface area contributed by atoms with Crippen LogP contribution >= 0.6 is 0 Å². The van der Waals surface area contributed by atoms with Crippen molar-refractivity contribution in [3.63, 3.8) is 0 Å². The molecule has 1 aromatic rings.